The number of hydrogen-bond donors (Lipinski definition) is 1. The zero-order valence-electron chi connectivity index (χ0n) is 9.44. The van der Waals surface area contributed by atoms with E-state index in [2.05, 4.69) is 5.10 Å². The van der Waals surface area contributed by atoms with Gasteiger partial charge in [0, 0.05) is 18.3 Å². The van der Waals surface area contributed by atoms with Crippen LogP contribution in [0.3, 0.4) is 0 Å². The molecule has 0 amide bonds. The average molecular weight is 291 g/mol. The highest BCUT2D eigenvalue weighted by Crippen LogP contribution is 2.31. The molecule has 0 aliphatic heterocycles. The number of aromatic nitrogens is 2. The first kappa shape index (κ1) is 12.9. The van der Waals surface area contributed by atoms with Gasteiger partial charge in [-0.1, -0.05) is 23.2 Å². The van der Waals surface area contributed by atoms with Crippen molar-refractivity contribution in [1.82, 2.24) is 9.78 Å². The number of nitrogens with zero attached hydrogens (tertiary/aromatic N) is 2. The van der Waals surface area contributed by atoms with E-state index in [-0.39, 0.29) is 0 Å². The molecule has 6 heteroatoms. The van der Waals surface area contributed by atoms with E-state index in [0.29, 0.717) is 15.8 Å². The Balaban J connectivity index is 2.21. The number of rotatable bonds is 3. The number of aliphatic hydroxyl groups is 1. The van der Waals surface area contributed by atoms with Crippen LogP contribution in [-0.2, 0) is 13.5 Å². The molecule has 0 saturated heterocycles. The van der Waals surface area contributed by atoms with Gasteiger partial charge in [0.15, 0.2) is 0 Å². The van der Waals surface area contributed by atoms with Gasteiger partial charge in [0.2, 0.25) is 0 Å². The molecule has 0 bridgehead atoms. The predicted molar refractivity (Wildman–Crippen MR) is 70.9 cm³/mol. The van der Waals surface area contributed by atoms with Crippen molar-refractivity contribution in [3.8, 4) is 0 Å². The molecule has 17 heavy (non-hydrogen) atoms. The zero-order chi connectivity index (χ0) is 12.6. The van der Waals surface area contributed by atoms with Crippen LogP contribution in [-0.4, -0.2) is 14.9 Å². The maximum atomic E-state index is 10.1. The van der Waals surface area contributed by atoms with E-state index >= 15 is 0 Å². The Morgan fingerprint density at radius 3 is 2.65 bits per heavy atom. The molecule has 0 radical (unpaired) electrons. The molecule has 2 heterocycles. The molecule has 92 valence electrons. The lowest BCUT2D eigenvalue weighted by atomic mass is 10.1. The zero-order valence-corrected chi connectivity index (χ0v) is 11.8. The van der Waals surface area contributed by atoms with E-state index in [1.807, 2.05) is 20.0 Å². The van der Waals surface area contributed by atoms with Crippen LogP contribution in [0, 0.1) is 6.92 Å². The van der Waals surface area contributed by atoms with Crippen molar-refractivity contribution < 1.29 is 5.11 Å². The minimum Gasteiger partial charge on any atom is -0.387 e. The fraction of sp³-hybridized carbons (Fsp3) is 0.364. The molecule has 1 unspecified atom stereocenters. The molecule has 0 aliphatic rings. The molecular formula is C11H12Cl2N2OS. The summed E-state index contributed by atoms with van der Waals surface area (Å²) in [5.41, 5.74) is 1.61. The van der Waals surface area contributed by atoms with Crippen LogP contribution in [0.25, 0.3) is 0 Å². The van der Waals surface area contributed by atoms with Gasteiger partial charge in [-0.25, -0.2) is 0 Å². The summed E-state index contributed by atoms with van der Waals surface area (Å²) in [5.74, 6) is 0. The summed E-state index contributed by atoms with van der Waals surface area (Å²) >= 11 is 13.3. The molecule has 0 fully saturated rings. The third kappa shape index (κ3) is 2.65. The van der Waals surface area contributed by atoms with Crippen LogP contribution in [0.4, 0.5) is 0 Å². The van der Waals surface area contributed by atoms with Gasteiger partial charge in [-0.05, 0) is 19.1 Å². The summed E-state index contributed by atoms with van der Waals surface area (Å²) in [6, 6.07) is 3.61. The molecule has 3 nitrogen and oxygen atoms in total. The molecule has 0 spiro atoms. The number of aryl methyl sites for hydroxylation is 2. The van der Waals surface area contributed by atoms with Crippen LogP contribution in [0.15, 0.2) is 12.1 Å². The molecule has 2 rings (SSSR count). The molecule has 1 atom stereocenters. The summed E-state index contributed by atoms with van der Waals surface area (Å²) in [6.07, 6.45) is -0.160. The van der Waals surface area contributed by atoms with Crippen molar-refractivity contribution in [2.45, 2.75) is 19.4 Å². The summed E-state index contributed by atoms with van der Waals surface area (Å²) in [5, 5.41) is 14.9. The largest absolute Gasteiger partial charge is 0.387 e. The van der Waals surface area contributed by atoms with Gasteiger partial charge in [0.05, 0.1) is 26.9 Å². The summed E-state index contributed by atoms with van der Waals surface area (Å²) < 4.78 is 2.38. The Hall–Kier alpha value is -0.550. The monoisotopic (exact) mass is 290 g/mol. The van der Waals surface area contributed by atoms with Crippen molar-refractivity contribution in [3.63, 3.8) is 0 Å². The second kappa shape index (κ2) is 4.98. The lowest BCUT2D eigenvalue weighted by Crippen LogP contribution is -2.05. The van der Waals surface area contributed by atoms with Gasteiger partial charge >= 0.3 is 0 Å². The Morgan fingerprint density at radius 1 is 1.47 bits per heavy atom. The minimum absolute atomic E-state index is 0.438. The Bertz CT molecular complexity index is 536. The Kier molecular flexibility index (Phi) is 3.78. The van der Waals surface area contributed by atoms with Crippen molar-refractivity contribution in [2.24, 2.45) is 7.05 Å². The van der Waals surface area contributed by atoms with Gasteiger partial charge in [0.25, 0.3) is 0 Å². The number of aliphatic hydroxyl groups excluding tert-OH is 1. The topological polar surface area (TPSA) is 38.0 Å². The Labute approximate surface area is 114 Å². The van der Waals surface area contributed by atoms with E-state index in [9.17, 15) is 5.11 Å². The molecule has 0 saturated carbocycles. The predicted octanol–water partition coefficient (Wildman–Crippen LogP) is 3.37. The maximum absolute atomic E-state index is 10.1. The maximum Gasteiger partial charge on any atom is 0.0938 e. The van der Waals surface area contributed by atoms with Crippen LogP contribution in [0.5, 0.6) is 0 Å². The van der Waals surface area contributed by atoms with E-state index in [4.69, 9.17) is 23.2 Å². The highest BCUT2D eigenvalue weighted by molar-refractivity contribution is 7.16. The van der Waals surface area contributed by atoms with E-state index in [1.54, 1.807) is 10.7 Å². The van der Waals surface area contributed by atoms with Crippen molar-refractivity contribution >= 4 is 34.5 Å². The lowest BCUT2D eigenvalue weighted by molar-refractivity contribution is 0.179. The molecule has 1 N–H and O–H groups in total. The molecule has 0 aromatic carbocycles. The van der Waals surface area contributed by atoms with Crippen molar-refractivity contribution in [2.75, 3.05) is 0 Å². The van der Waals surface area contributed by atoms with Gasteiger partial charge in [0.1, 0.15) is 0 Å². The quantitative estimate of drug-likeness (QED) is 0.941. The van der Waals surface area contributed by atoms with Crippen molar-refractivity contribution in [3.05, 3.63) is 37.8 Å². The van der Waals surface area contributed by atoms with Gasteiger partial charge < -0.3 is 5.11 Å². The number of hydrogen-bond acceptors (Lipinski definition) is 3. The van der Waals surface area contributed by atoms with E-state index in [0.717, 1.165) is 16.3 Å². The van der Waals surface area contributed by atoms with Crippen LogP contribution < -0.4 is 0 Å². The van der Waals surface area contributed by atoms with Gasteiger partial charge in [-0.2, -0.15) is 5.10 Å². The van der Waals surface area contributed by atoms with Crippen LogP contribution in [0.1, 0.15) is 22.4 Å². The highest BCUT2D eigenvalue weighted by Gasteiger charge is 2.17. The van der Waals surface area contributed by atoms with E-state index < -0.39 is 6.10 Å². The third-order valence-corrected chi connectivity index (χ3v) is 4.39. The summed E-state index contributed by atoms with van der Waals surface area (Å²) in [4.78, 5) is 0.838. The normalized spacial score (nSPS) is 13.0. The standard InChI is InChI=1S/C11H12Cl2N2OS/c1-6-11(13)7(15(2)14-6)5-8(16)9-3-4-10(12)17-9/h3-4,8,16H,5H2,1-2H3. The highest BCUT2D eigenvalue weighted by atomic mass is 35.5. The molecule has 2 aromatic heterocycles. The first-order chi connectivity index (χ1) is 7.99. The van der Waals surface area contributed by atoms with Crippen LogP contribution in [0.2, 0.25) is 9.36 Å². The molecule has 2 aromatic rings. The third-order valence-electron chi connectivity index (χ3n) is 2.57. The summed E-state index contributed by atoms with van der Waals surface area (Å²) in [7, 11) is 1.82. The van der Waals surface area contributed by atoms with E-state index in [1.165, 1.54) is 11.3 Å². The Morgan fingerprint density at radius 2 is 2.18 bits per heavy atom. The molecule has 0 aliphatic carbocycles. The molecular weight excluding hydrogens is 279 g/mol. The first-order valence-corrected chi connectivity index (χ1v) is 6.67. The van der Waals surface area contributed by atoms with Gasteiger partial charge in [-0.15, -0.1) is 11.3 Å². The second-order valence-corrected chi connectivity index (χ2v) is 5.96. The number of thiophene rings is 1. The lowest BCUT2D eigenvalue weighted by Gasteiger charge is -2.09. The second-order valence-electron chi connectivity index (χ2n) is 3.83. The van der Waals surface area contributed by atoms with Crippen molar-refractivity contribution in [1.29, 1.82) is 0 Å². The van der Waals surface area contributed by atoms with Gasteiger partial charge in [-0.3, -0.25) is 4.68 Å². The smallest absolute Gasteiger partial charge is 0.0938 e. The average Bonchev–Trinajstić information content (AvgIpc) is 2.79. The SMILES string of the molecule is Cc1nn(C)c(CC(O)c2ccc(Cl)s2)c1Cl. The fourth-order valence-electron chi connectivity index (χ4n) is 1.69. The summed E-state index contributed by atoms with van der Waals surface area (Å²) in [6.45, 7) is 1.85. The number of halogens is 2. The first-order valence-electron chi connectivity index (χ1n) is 5.10. The fourth-order valence-corrected chi connectivity index (χ4v) is 2.98. The van der Waals surface area contributed by atoms with Crippen LogP contribution >= 0.6 is 34.5 Å². The minimum atomic E-state index is -0.597.